The minimum Gasteiger partial charge on any atom is -0.295 e. The molecule has 0 aromatic carbocycles. The van der Waals surface area contributed by atoms with E-state index in [1.807, 2.05) is 6.92 Å². The minimum atomic E-state index is -1.39. The van der Waals surface area contributed by atoms with Gasteiger partial charge in [0.15, 0.2) is 5.78 Å². The molecule has 0 fully saturated rings. The molecular formula is C10H14F2O. The summed E-state index contributed by atoms with van der Waals surface area (Å²) in [5.41, 5.74) is -0.232. The lowest BCUT2D eigenvalue weighted by molar-refractivity contribution is -0.114. The van der Waals surface area contributed by atoms with E-state index in [0.29, 0.717) is 6.42 Å². The minimum absolute atomic E-state index is 0.0538. The van der Waals surface area contributed by atoms with E-state index >= 15 is 0 Å². The predicted molar refractivity (Wildman–Crippen MR) is 46.7 cm³/mol. The van der Waals surface area contributed by atoms with Crippen LogP contribution in [0.5, 0.6) is 0 Å². The zero-order chi connectivity index (χ0) is 10.0. The number of alkyl halides is 1. The molecule has 0 aliphatic heterocycles. The molecule has 13 heavy (non-hydrogen) atoms. The van der Waals surface area contributed by atoms with Crippen molar-refractivity contribution in [1.82, 2.24) is 0 Å². The van der Waals surface area contributed by atoms with E-state index in [4.69, 9.17) is 0 Å². The topological polar surface area (TPSA) is 17.1 Å². The number of hydrogen-bond donors (Lipinski definition) is 0. The summed E-state index contributed by atoms with van der Waals surface area (Å²) in [7, 11) is 0. The number of allylic oxidation sites excluding steroid dienone is 2. The largest absolute Gasteiger partial charge is 0.295 e. The van der Waals surface area contributed by atoms with Gasteiger partial charge in [0.25, 0.3) is 0 Å². The highest BCUT2D eigenvalue weighted by Gasteiger charge is 2.30. The second-order valence-electron chi connectivity index (χ2n) is 3.56. The van der Waals surface area contributed by atoms with Crippen LogP contribution in [0.25, 0.3) is 0 Å². The van der Waals surface area contributed by atoms with Crippen LogP contribution in [0.4, 0.5) is 8.78 Å². The average molecular weight is 188 g/mol. The summed E-state index contributed by atoms with van der Waals surface area (Å²) < 4.78 is 26.5. The van der Waals surface area contributed by atoms with Gasteiger partial charge in [-0.15, -0.1) is 0 Å². The van der Waals surface area contributed by atoms with Crippen LogP contribution in [0.15, 0.2) is 11.4 Å². The Morgan fingerprint density at radius 3 is 2.62 bits per heavy atom. The Bertz CT molecular complexity index is 245. The number of hydrogen-bond acceptors (Lipinski definition) is 1. The van der Waals surface area contributed by atoms with E-state index in [1.54, 1.807) is 0 Å². The van der Waals surface area contributed by atoms with Crippen LogP contribution in [0.2, 0.25) is 0 Å². The normalized spacial score (nSPS) is 29.2. The molecule has 3 heteroatoms. The highest BCUT2D eigenvalue weighted by Crippen LogP contribution is 2.34. The summed E-state index contributed by atoms with van der Waals surface area (Å²) in [4.78, 5) is 10.9. The lowest BCUT2D eigenvalue weighted by Gasteiger charge is -2.24. The molecule has 74 valence electrons. The SMILES string of the molecule is CCC1CC(F)=C(C(C)=O)C(F)C1. The van der Waals surface area contributed by atoms with Crippen molar-refractivity contribution in [2.75, 3.05) is 0 Å². The Kier molecular flexibility index (Phi) is 3.17. The maximum atomic E-state index is 13.3. The van der Waals surface area contributed by atoms with Gasteiger partial charge >= 0.3 is 0 Å². The van der Waals surface area contributed by atoms with E-state index in [1.165, 1.54) is 6.92 Å². The Morgan fingerprint density at radius 2 is 2.23 bits per heavy atom. The van der Waals surface area contributed by atoms with E-state index in [2.05, 4.69) is 0 Å². The van der Waals surface area contributed by atoms with Crippen molar-refractivity contribution in [3.63, 3.8) is 0 Å². The van der Waals surface area contributed by atoms with Gasteiger partial charge in [-0.25, -0.2) is 8.78 Å². The third-order valence-corrected chi connectivity index (χ3v) is 2.57. The fourth-order valence-corrected chi connectivity index (χ4v) is 1.75. The summed E-state index contributed by atoms with van der Waals surface area (Å²) in [6.07, 6.45) is -0.111. The Balaban J connectivity index is 2.87. The number of carbonyl (C=O) groups excluding carboxylic acids is 1. The first-order valence-corrected chi connectivity index (χ1v) is 4.59. The molecule has 1 aliphatic carbocycles. The van der Waals surface area contributed by atoms with E-state index < -0.39 is 17.8 Å². The lowest BCUT2D eigenvalue weighted by Crippen LogP contribution is -2.22. The quantitative estimate of drug-likeness (QED) is 0.651. The van der Waals surface area contributed by atoms with Crippen molar-refractivity contribution in [3.05, 3.63) is 11.4 Å². The summed E-state index contributed by atoms with van der Waals surface area (Å²) in [5, 5.41) is 0. The summed E-state index contributed by atoms with van der Waals surface area (Å²) in [6.45, 7) is 3.12. The fourth-order valence-electron chi connectivity index (χ4n) is 1.75. The first kappa shape index (κ1) is 10.4. The first-order chi connectivity index (χ1) is 6.06. The fraction of sp³-hybridized carbons (Fsp3) is 0.700. The summed E-state index contributed by atoms with van der Waals surface area (Å²) >= 11 is 0. The number of ketones is 1. The van der Waals surface area contributed by atoms with Crippen LogP contribution >= 0.6 is 0 Å². The number of Topliss-reactive ketones (excluding diaryl/α,β-unsaturated/α-hetero) is 1. The molecule has 0 radical (unpaired) electrons. The molecule has 1 nitrogen and oxygen atoms in total. The van der Waals surface area contributed by atoms with Gasteiger partial charge < -0.3 is 0 Å². The van der Waals surface area contributed by atoms with Crippen LogP contribution in [-0.4, -0.2) is 12.0 Å². The first-order valence-electron chi connectivity index (χ1n) is 4.59. The highest BCUT2D eigenvalue weighted by atomic mass is 19.1. The molecule has 1 aliphatic rings. The molecule has 2 atom stereocenters. The van der Waals surface area contributed by atoms with Gasteiger partial charge in [0.2, 0.25) is 0 Å². The second kappa shape index (κ2) is 3.99. The van der Waals surface area contributed by atoms with Gasteiger partial charge in [-0.1, -0.05) is 13.3 Å². The van der Waals surface area contributed by atoms with Crippen LogP contribution in [0.3, 0.4) is 0 Å². The van der Waals surface area contributed by atoms with Crippen LogP contribution in [0.1, 0.15) is 33.1 Å². The number of rotatable bonds is 2. The zero-order valence-electron chi connectivity index (χ0n) is 7.94. The molecule has 0 amide bonds. The number of halogens is 2. The van der Waals surface area contributed by atoms with Gasteiger partial charge in [0, 0.05) is 6.42 Å². The number of carbonyl (C=O) groups is 1. The maximum absolute atomic E-state index is 13.3. The molecule has 0 aromatic heterocycles. The van der Waals surface area contributed by atoms with Crippen molar-refractivity contribution in [3.8, 4) is 0 Å². The van der Waals surface area contributed by atoms with Gasteiger partial charge in [-0.3, -0.25) is 4.79 Å². The molecule has 1 rings (SSSR count). The van der Waals surface area contributed by atoms with Gasteiger partial charge in [0.05, 0.1) is 5.57 Å². The molecule has 2 unspecified atom stereocenters. The Morgan fingerprint density at radius 1 is 1.62 bits per heavy atom. The molecule has 0 saturated heterocycles. The molecule has 0 saturated carbocycles. The monoisotopic (exact) mass is 188 g/mol. The van der Waals surface area contributed by atoms with Crippen molar-refractivity contribution < 1.29 is 13.6 Å². The van der Waals surface area contributed by atoms with E-state index in [9.17, 15) is 13.6 Å². The van der Waals surface area contributed by atoms with Gasteiger partial charge in [-0.05, 0) is 19.3 Å². The van der Waals surface area contributed by atoms with E-state index in [0.717, 1.165) is 6.42 Å². The van der Waals surface area contributed by atoms with Crippen LogP contribution in [-0.2, 0) is 4.79 Å². The van der Waals surface area contributed by atoms with Gasteiger partial charge in [-0.2, -0.15) is 0 Å². The average Bonchev–Trinajstić information content (AvgIpc) is 2.02. The lowest BCUT2D eigenvalue weighted by atomic mass is 9.84. The smallest absolute Gasteiger partial charge is 0.161 e. The molecule has 0 heterocycles. The zero-order valence-corrected chi connectivity index (χ0v) is 7.94. The molecule has 0 aromatic rings. The van der Waals surface area contributed by atoms with Crippen molar-refractivity contribution in [2.45, 2.75) is 39.3 Å². The highest BCUT2D eigenvalue weighted by molar-refractivity contribution is 5.94. The maximum Gasteiger partial charge on any atom is 0.161 e. The van der Waals surface area contributed by atoms with Gasteiger partial charge in [0.1, 0.15) is 12.0 Å². The second-order valence-corrected chi connectivity index (χ2v) is 3.56. The summed E-state index contributed by atoms with van der Waals surface area (Å²) in [5.74, 6) is -0.962. The van der Waals surface area contributed by atoms with Crippen LogP contribution in [0, 0.1) is 5.92 Å². The van der Waals surface area contributed by atoms with Crippen molar-refractivity contribution in [1.29, 1.82) is 0 Å². The standard InChI is InChI=1S/C10H14F2O/c1-3-7-4-8(11)10(6(2)13)9(12)5-7/h7-8H,3-5H2,1-2H3. The Hall–Kier alpha value is -0.730. The Labute approximate surface area is 76.8 Å². The third kappa shape index (κ3) is 2.14. The third-order valence-electron chi connectivity index (χ3n) is 2.57. The van der Waals surface area contributed by atoms with Crippen molar-refractivity contribution in [2.24, 2.45) is 5.92 Å². The molecule has 0 N–H and O–H groups in total. The van der Waals surface area contributed by atoms with E-state index in [-0.39, 0.29) is 17.9 Å². The predicted octanol–water partition coefficient (Wildman–Crippen LogP) is 2.96. The molecule has 0 spiro atoms. The molecule has 0 bridgehead atoms. The molecular weight excluding hydrogens is 174 g/mol. The van der Waals surface area contributed by atoms with Crippen molar-refractivity contribution >= 4 is 5.78 Å². The summed E-state index contributed by atoms with van der Waals surface area (Å²) in [6, 6.07) is 0. The van der Waals surface area contributed by atoms with Crippen LogP contribution < -0.4 is 0 Å².